The highest BCUT2D eigenvalue weighted by atomic mass is 32.2. The van der Waals surface area contributed by atoms with E-state index in [1.807, 2.05) is 18.2 Å². The molecule has 0 saturated carbocycles. The second kappa shape index (κ2) is 6.44. The minimum Gasteiger partial charge on any atom is -0.442 e. The number of carbonyl (C=O) groups excluding carboxylic acids is 2. The van der Waals surface area contributed by atoms with Crippen LogP contribution < -0.4 is 10.2 Å². The van der Waals surface area contributed by atoms with Crippen molar-refractivity contribution in [3.8, 4) is 11.3 Å². The number of thioether (sulfide) groups is 1. The van der Waals surface area contributed by atoms with E-state index in [1.54, 1.807) is 22.9 Å². The van der Waals surface area contributed by atoms with Gasteiger partial charge in [-0.15, -0.1) is 0 Å². The molecule has 2 aromatic rings. The molecule has 0 aliphatic carbocycles. The van der Waals surface area contributed by atoms with Crippen LogP contribution in [0.1, 0.15) is 18.1 Å². The molecule has 1 fully saturated rings. The monoisotopic (exact) mass is 359 g/mol. The third-order valence-electron chi connectivity index (χ3n) is 4.26. The van der Waals surface area contributed by atoms with Gasteiger partial charge < -0.3 is 14.6 Å². The zero-order chi connectivity index (χ0) is 17.4. The van der Waals surface area contributed by atoms with Crippen molar-refractivity contribution >= 4 is 29.4 Å². The van der Waals surface area contributed by atoms with Crippen molar-refractivity contribution in [2.45, 2.75) is 24.5 Å². The van der Waals surface area contributed by atoms with E-state index in [1.165, 1.54) is 6.92 Å². The number of anilines is 1. The molecule has 7 nitrogen and oxygen atoms in total. The van der Waals surface area contributed by atoms with Crippen LogP contribution in [0.15, 0.2) is 28.9 Å². The molecule has 2 aliphatic heterocycles. The van der Waals surface area contributed by atoms with Gasteiger partial charge in [0.25, 0.3) is 0 Å². The molecule has 130 valence electrons. The predicted octanol–water partition coefficient (Wildman–Crippen LogP) is 2.55. The minimum absolute atomic E-state index is 0.139. The molecule has 0 unspecified atom stereocenters. The van der Waals surface area contributed by atoms with Gasteiger partial charge in [-0.25, -0.2) is 4.79 Å². The summed E-state index contributed by atoms with van der Waals surface area (Å²) >= 11 is 1.79. The van der Waals surface area contributed by atoms with Gasteiger partial charge in [0.05, 0.1) is 19.3 Å². The normalized spacial score (nSPS) is 19.0. The fourth-order valence-electron chi connectivity index (χ4n) is 3.04. The third kappa shape index (κ3) is 3.09. The number of hydrogen-bond acceptors (Lipinski definition) is 6. The first-order valence-electron chi connectivity index (χ1n) is 7.99. The summed E-state index contributed by atoms with van der Waals surface area (Å²) in [6, 6.07) is 5.86. The maximum atomic E-state index is 12.2. The number of nitrogens with zero attached hydrogens (tertiary/aromatic N) is 2. The first kappa shape index (κ1) is 16.0. The lowest BCUT2D eigenvalue weighted by atomic mass is 10.0. The number of rotatable bonds is 3. The van der Waals surface area contributed by atoms with Gasteiger partial charge in [-0.3, -0.25) is 9.69 Å². The van der Waals surface area contributed by atoms with Crippen LogP contribution in [0.25, 0.3) is 11.3 Å². The first-order valence-corrected chi connectivity index (χ1v) is 9.14. The van der Waals surface area contributed by atoms with Crippen molar-refractivity contribution in [2.75, 3.05) is 18.0 Å². The number of cyclic esters (lactones) is 1. The molecule has 25 heavy (non-hydrogen) atoms. The van der Waals surface area contributed by atoms with Gasteiger partial charge in [-0.1, -0.05) is 5.16 Å². The molecular formula is C17H17N3O4S. The third-order valence-corrected chi connectivity index (χ3v) is 5.29. The number of ether oxygens (including phenoxy) is 1. The maximum Gasteiger partial charge on any atom is 0.414 e. The van der Waals surface area contributed by atoms with Gasteiger partial charge in [-0.2, -0.15) is 11.8 Å². The Bertz CT molecular complexity index is 835. The van der Waals surface area contributed by atoms with Gasteiger partial charge in [0.2, 0.25) is 5.91 Å². The van der Waals surface area contributed by atoms with Crippen molar-refractivity contribution in [3.05, 3.63) is 35.5 Å². The van der Waals surface area contributed by atoms with Crippen LogP contribution >= 0.6 is 11.8 Å². The molecule has 1 aromatic carbocycles. The fraction of sp³-hybridized carbons (Fsp3) is 0.353. The lowest BCUT2D eigenvalue weighted by molar-refractivity contribution is -0.119. The molecule has 1 aromatic heterocycles. The minimum atomic E-state index is -0.392. The van der Waals surface area contributed by atoms with Crippen LogP contribution in [0.3, 0.4) is 0 Å². The van der Waals surface area contributed by atoms with Crippen molar-refractivity contribution in [2.24, 2.45) is 0 Å². The quantitative estimate of drug-likeness (QED) is 0.907. The van der Waals surface area contributed by atoms with E-state index in [0.717, 1.165) is 39.6 Å². The molecular weight excluding hydrogens is 342 g/mol. The molecule has 0 radical (unpaired) electrons. The SMILES string of the molecule is CC(=O)NC[C@H]1CN(c2ccc3c(c2)CSCc2cnoc2-3)C(=O)O1. The Balaban J connectivity index is 1.58. The Morgan fingerprint density at radius 1 is 1.40 bits per heavy atom. The van der Waals surface area contributed by atoms with E-state index < -0.39 is 6.09 Å². The number of aromatic nitrogens is 1. The molecule has 1 atom stereocenters. The van der Waals surface area contributed by atoms with E-state index in [9.17, 15) is 9.59 Å². The molecule has 3 heterocycles. The van der Waals surface area contributed by atoms with Crippen LogP contribution in [0.5, 0.6) is 0 Å². The van der Waals surface area contributed by atoms with Crippen LogP contribution in [0.4, 0.5) is 10.5 Å². The van der Waals surface area contributed by atoms with Crippen molar-refractivity contribution in [1.29, 1.82) is 0 Å². The van der Waals surface area contributed by atoms with E-state index >= 15 is 0 Å². The summed E-state index contributed by atoms with van der Waals surface area (Å²) in [5.41, 5.74) is 4.00. The van der Waals surface area contributed by atoms with Crippen molar-refractivity contribution in [3.63, 3.8) is 0 Å². The first-order chi connectivity index (χ1) is 12.1. The predicted molar refractivity (Wildman–Crippen MR) is 93.2 cm³/mol. The van der Waals surface area contributed by atoms with E-state index in [0.29, 0.717) is 13.1 Å². The second-order valence-electron chi connectivity index (χ2n) is 6.07. The van der Waals surface area contributed by atoms with Crippen molar-refractivity contribution < 1.29 is 18.8 Å². The zero-order valence-corrected chi connectivity index (χ0v) is 14.5. The van der Waals surface area contributed by atoms with Crippen LogP contribution in [-0.4, -0.2) is 36.4 Å². The highest BCUT2D eigenvalue weighted by Gasteiger charge is 2.33. The highest BCUT2D eigenvalue weighted by molar-refractivity contribution is 7.97. The Morgan fingerprint density at radius 3 is 3.08 bits per heavy atom. The highest BCUT2D eigenvalue weighted by Crippen LogP contribution is 2.38. The standard InChI is InChI=1S/C17H17N3O4S/c1-10(21)18-6-14-7-20(17(22)23-14)13-2-3-15-11(4-13)8-25-9-12-5-19-24-16(12)15/h2-5,14H,6-9H2,1H3,(H,18,21)/t14-/m0/s1. The Hall–Kier alpha value is -2.48. The Labute approximate surface area is 148 Å². The molecule has 1 N–H and O–H groups in total. The zero-order valence-electron chi connectivity index (χ0n) is 13.7. The lowest BCUT2D eigenvalue weighted by Gasteiger charge is -2.15. The van der Waals surface area contributed by atoms with Crippen LogP contribution in [0.2, 0.25) is 0 Å². The molecule has 0 bridgehead atoms. The summed E-state index contributed by atoms with van der Waals surface area (Å²) in [6.07, 6.45) is 1.03. The smallest absolute Gasteiger partial charge is 0.414 e. The Kier molecular flexibility index (Phi) is 4.12. The van der Waals surface area contributed by atoms with Gasteiger partial charge in [0.15, 0.2) is 5.76 Å². The second-order valence-corrected chi connectivity index (χ2v) is 7.05. The molecule has 1 saturated heterocycles. The topological polar surface area (TPSA) is 84.7 Å². The van der Waals surface area contributed by atoms with Gasteiger partial charge in [0.1, 0.15) is 6.10 Å². The number of carbonyl (C=O) groups is 2. The molecule has 8 heteroatoms. The number of benzene rings is 1. The van der Waals surface area contributed by atoms with E-state index in [-0.39, 0.29) is 12.0 Å². The molecule has 4 rings (SSSR count). The van der Waals surface area contributed by atoms with Crippen LogP contribution in [0, 0.1) is 0 Å². The number of amides is 2. The van der Waals surface area contributed by atoms with Gasteiger partial charge in [0, 0.05) is 35.2 Å². The fourth-order valence-corrected chi connectivity index (χ4v) is 4.03. The summed E-state index contributed by atoms with van der Waals surface area (Å²) in [4.78, 5) is 24.8. The maximum absolute atomic E-state index is 12.2. The molecule has 2 amide bonds. The summed E-state index contributed by atoms with van der Waals surface area (Å²) in [5, 5.41) is 6.57. The average Bonchev–Trinajstić information content (AvgIpc) is 3.15. The summed E-state index contributed by atoms with van der Waals surface area (Å²) in [6.45, 7) is 2.18. The number of fused-ring (bicyclic) bond motifs is 3. The Morgan fingerprint density at radius 2 is 2.24 bits per heavy atom. The molecule has 2 aliphatic rings. The van der Waals surface area contributed by atoms with Crippen LogP contribution in [-0.2, 0) is 21.0 Å². The summed E-state index contributed by atoms with van der Waals surface area (Å²) in [7, 11) is 0. The lowest BCUT2D eigenvalue weighted by Crippen LogP contribution is -2.33. The molecule has 0 spiro atoms. The largest absolute Gasteiger partial charge is 0.442 e. The average molecular weight is 359 g/mol. The van der Waals surface area contributed by atoms with Crippen molar-refractivity contribution in [1.82, 2.24) is 10.5 Å². The van der Waals surface area contributed by atoms with E-state index in [2.05, 4.69) is 10.5 Å². The summed E-state index contributed by atoms with van der Waals surface area (Å²) in [5.74, 6) is 2.36. The van der Waals surface area contributed by atoms with Gasteiger partial charge >= 0.3 is 6.09 Å². The number of nitrogens with one attached hydrogen (secondary N) is 1. The van der Waals surface area contributed by atoms with E-state index in [4.69, 9.17) is 9.26 Å². The van der Waals surface area contributed by atoms with Gasteiger partial charge in [-0.05, 0) is 23.8 Å². The number of hydrogen-bond donors (Lipinski definition) is 1. The summed E-state index contributed by atoms with van der Waals surface area (Å²) < 4.78 is 10.7.